The van der Waals surface area contributed by atoms with E-state index in [9.17, 15) is 9.59 Å². The van der Waals surface area contributed by atoms with E-state index in [-0.39, 0.29) is 11.2 Å². The Bertz CT molecular complexity index is 684. The van der Waals surface area contributed by atoms with Crippen molar-refractivity contribution in [2.45, 2.75) is 23.8 Å². The second-order valence-corrected chi connectivity index (χ2v) is 5.90. The van der Waals surface area contributed by atoms with Gasteiger partial charge in [-0.2, -0.15) is 0 Å². The smallest absolute Gasteiger partial charge is 0.250 e. The molecule has 0 aliphatic carbocycles. The van der Waals surface area contributed by atoms with Gasteiger partial charge in [0, 0.05) is 19.4 Å². The molecule has 0 aliphatic rings. The molecule has 0 saturated heterocycles. The number of aromatic nitrogens is 2. The number of thioether (sulfide) groups is 1. The van der Waals surface area contributed by atoms with Gasteiger partial charge in [-0.05, 0) is 18.6 Å². The number of benzene rings is 1. The van der Waals surface area contributed by atoms with Gasteiger partial charge in [-0.15, -0.1) is 0 Å². The zero-order chi connectivity index (χ0) is 16.1. The van der Waals surface area contributed by atoms with Crippen LogP contribution in [0.3, 0.4) is 0 Å². The Morgan fingerprint density at radius 2 is 2.14 bits per heavy atom. The second kappa shape index (κ2) is 7.13. The van der Waals surface area contributed by atoms with Crippen molar-refractivity contribution in [1.29, 1.82) is 0 Å². The number of amides is 2. The number of nitrogens with two attached hydrogens (primary N) is 1. The third kappa shape index (κ3) is 3.67. The van der Waals surface area contributed by atoms with Gasteiger partial charge in [-0.25, -0.2) is 4.98 Å². The minimum absolute atomic E-state index is 0.177. The van der Waals surface area contributed by atoms with Crippen molar-refractivity contribution in [2.75, 3.05) is 5.32 Å². The van der Waals surface area contributed by atoms with Crippen molar-refractivity contribution in [3.05, 3.63) is 42.2 Å². The zero-order valence-corrected chi connectivity index (χ0v) is 13.3. The first kappa shape index (κ1) is 16.1. The summed E-state index contributed by atoms with van der Waals surface area (Å²) in [7, 11) is 1.88. The summed E-state index contributed by atoms with van der Waals surface area (Å²) >= 11 is 1.39. The van der Waals surface area contributed by atoms with Gasteiger partial charge < -0.3 is 15.6 Å². The molecule has 116 valence electrons. The van der Waals surface area contributed by atoms with Crippen LogP contribution in [0.15, 0.2) is 41.8 Å². The van der Waals surface area contributed by atoms with Crippen LogP contribution in [0.5, 0.6) is 0 Å². The summed E-state index contributed by atoms with van der Waals surface area (Å²) in [5.41, 5.74) is 6.05. The quantitative estimate of drug-likeness (QED) is 0.797. The van der Waals surface area contributed by atoms with Crippen LogP contribution in [-0.2, 0) is 11.8 Å². The van der Waals surface area contributed by atoms with Crippen molar-refractivity contribution in [1.82, 2.24) is 9.55 Å². The molecule has 22 heavy (non-hydrogen) atoms. The highest BCUT2D eigenvalue weighted by molar-refractivity contribution is 8.00. The molecule has 1 aromatic heterocycles. The molecule has 1 heterocycles. The van der Waals surface area contributed by atoms with Gasteiger partial charge in [-0.3, -0.25) is 9.59 Å². The van der Waals surface area contributed by atoms with Crippen molar-refractivity contribution in [3.63, 3.8) is 0 Å². The summed E-state index contributed by atoms with van der Waals surface area (Å²) in [6.07, 6.45) is 4.16. The summed E-state index contributed by atoms with van der Waals surface area (Å²) in [6, 6.07) is 6.70. The highest BCUT2D eigenvalue weighted by Crippen LogP contribution is 2.25. The maximum Gasteiger partial charge on any atom is 0.250 e. The molecule has 0 bridgehead atoms. The lowest BCUT2D eigenvalue weighted by Gasteiger charge is -2.15. The fraction of sp³-hybridized carbons (Fsp3) is 0.267. The molecular weight excluding hydrogens is 300 g/mol. The van der Waals surface area contributed by atoms with E-state index in [1.165, 1.54) is 11.8 Å². The van der Waals surface area contributed by atoms with Crippen molar-refractivity contribution in [3.8, 4) is 0 Å². The number of hydrogen-bond acceptors (Lipinski definition) is 4. The molecule has 0 aliphatic heterocycles. The van der Waals surface area contributed by atoms with Crippen LogP contribution in [0.25, 0.3) is 0 Å². The number of primary amides is 1. The topological polar surface area (TPSA) is 90.0 Å². The van der Waals surface area contributed by atoms with Crippen LogP contribution in [0.4, 0.5) is 5.69 Å². The Morgan fingerprint density at radius 3 is 2.73 bits per heavy atom. The molecule has 0 spiro atoms. The first-order valence-corrected chi connectivity index (χ1v) is 7.74. The van der Waals surface area contributed by atoms with E-state index in [0.29, 0.717) is 17.7 Å². The van der Waals surface area contributed by atoms with Gasteiger partial charge in [0.25, 0.3) is 5.91 Å². The first-order valence-electron chi connectivity index (χ1n) is 6.86. The normalized spacial score (nSPS) is 11.9. The highest BCUT2D eigenvalue weighted by Gasteiger charge is 2.21. The Hall–Kier alpha value is -2.28. The molecule has 3 N–H and O–H groups in total. The van der Waals surface area contributed by atoms with E-state index in [4.69, 9.17) is 5.73 Å². The van der Waals surface area contributed by atoms with E-state index in [1.54, 1.807) is 30.5 Å². The monoisotopic (exact) mass is 318 g/mol. The molecule has 1 unspecified atom stereocenters. The Morgan fingerprint density at radius 1 is 1.41 bits per heavy atom. The molecule has 1 aromatic carbocycles. The number of rotatable bonds is 6. The van der Waals surface area contributed by atoms with Gasteiger partial charge in [0.2, 0.25) is 5.91 Å². The lowest BCUT2D eigenvalue weighted by Crippen LogP contribution is -2.26. The Kier molecular flexibility index (Phi) is 5.21. The second-order valence-electron chi connectivity index (χ2n) is 4.73. The summed E-state index contributed by atoms with van der Waals surface area (Å²) in [6.45, 7) is 1.93. The van der Waals surface area contributed by atoms with Gasteiger partial charge in [0.15, 0.2) is 5.16 Å². The van der Waals surface area contributed by atoms with Crippen molar-refractivity contribution < 1.29 is 9.59 Å². The average Bonchev–Trinajstić information content (AvgIpc) is 2.90. The fourth-order valence-electron chi connectivity index (χ4n) is 1.94. The van der Waals surface area contributed by atoms with Crippen LogP contribution in [0, 0.1) is 0 Å². The summed E-state index contributed by atoms with van der Waals surface area (Å²) < 4.78 is 1.86. The maximum absolute atomic E-state index is 12.4. The number of nitrogens with zero attached hydrogens (tertiary/aromatic N) is 2. The molecule has 7 heteroatoms. The van der Waals surface area contributed by atoms with Gasteiger partial charge in [0.1, 0.15) is 0 Å². The van der Waals surface area contributed by atoms with Crippen LogP contribution in [-0.4, -0.2) is 26.6 Å². The van der Waals surface area contributed by atoms with Crippen LogP contribution in [0.2, 0.25) is 0 Å². The number of carbonyl (C=O) groups is 2. The third-order valence-corrected chi connectivity index (χ3v) is 4.57. The minimum atomic E-state index is -0.569. The number of imidazole rings is 1. The van der Waals surface area contributed by atoms with Crippen LogP contribution >= 0.6 is 11.8 Å². The van der Waals surface area contributed by atoms with E-state index in [2.05, 4.69) is 10.3 Å². The van der Waals surface area contributed by atoms with Crippen molar-refractivity contribution >= 4 is 29.3 Å². The molecule has 2 amide bonds. The Labute approximate surface area is 133 Å². The lowest BCUT2D eigenvalue weighted by molar-refractivity contribution is -0.115. The minimum Gasteiger partial charge on any atom is -0.366 e. The van der Waals surface area contributed by atoms with Crippen LogP contribution in [0.1, 0.15) is 23.7 Å². The predicted octanol–water partition coefficient (Wildman–Crippen LogP) is 2.03. The molecule has 1 atom stereocenters. The summed E-state index contributed by atoms with van der Waals surface area (Å²) in [5.74, 6) is -0.745. The standard InChI is InChI=1S/C15H18N4O2S/c1-3-12(22-15-17-8-9-19(15)2)14(21)18-11-7-5-4-6-10(11)13(16)20/h4-9,12H,3H2,1-2H3,(H2,16,20)(H,18,21). The van der Waals surface area contributed by atoms with E-state index >= 15 is 0 Å². The first-order chi connectivity index (χ1) is 10.5. The van der Waals surface area contributed by atoms with E-state index in [0.717, 1.165) is 5.16 Å². The largest absolute Gasteiger partial charge is 0.366 e. The molecule has 2 aromatic rings. The summed E-state index contributed by atoms with van der Waals surface area (Å²) in [5, 5.41) is 3.24. The zero-order valence-electron chi connectivity index (χ0n) is 12.4. The molecule has 6 nitrogen and oxygen atoms in total. The van der Waals surface area contributed by atoms with E-state index < -0.39 is 5.91 Å². The summed E-state index contributed by atoms with van der Waals surface area (Å²) in [4.78, 5) is 28.0. The van der Waals surface area contributed by atoms with Gasteiger partial charge in [0.05, 0.1) is 16.5 Å². The van der Waals surface area contributed by atoms with Gasteiger partial charge in [-0.1, -0.05) is 30.8 Å². The molecular formula is C15H18N4O2S. The SMILES string of the molecule is CCC(Sc1nccn1C)C(=O)Nc1ccccc1C(N)=O. The molecule has 0 radical (unpaired) electrons. The fourth-order valence-corrected chi connectivity index (χ4v) is 2.87. The predicted molar refractivity (Wildman–Crippen MR) is 86.7 cm³/mol. The lowest BCUT2D eigenvalue weighted by atomic mass is 10.1. The maximum atomic E-state index is 12.4. The Balaban J connectivity index is 2.13. The number of hydrogen-bond donors (Lipinski definition) is 2. The third-order valence-electron chi connectivity index (χ3n) is 3.14. The van der Waals surface area contributed by atoms with E-state index in [1.807, 2.05) is 24.7 Å². The van der Waals surface area contributed by atoms with Crippen molar-refractivity contribution in [2.24, 2.45) is 12.8 Å². The average molecular weight is 318 g/mol. The number of carbonyl (C=O) groups excluding carboxylic acids is 2. The molecule has 0 fully saturated rings. The van der Waals surface area contributed by atoms with Gasteiger partial charge >= 0.3 is 0 Å². The molecule has 0 saturated carbocycles. The highest BCUT2D eigenvalue weighted by atomic mass is 32.2. The number of anilines is 1. The number of aryl methyl sites for hydroxylation is 1. The molecule has 2 rings (SSSR count). The number of para-hydroxylation sites is 1. The number of nitrogens with one attached hydrogen (secondary N) is 1. The van der Waals surface area contributed by atoms with Crippen LogP contribution < -0.4 is 11.1 Å².